The number of hydrogen-bond acceptors (Lipinski definition) is 5. The van der Waals surface area contributed by atoms with Crippen LogP contribution < -0.4 is 15.4 Å². The Kier molecular flexibility index (Phi) is 7.33. The van der Waals surface area contributed by atoms with Crippen LogP contribution in [-0.2, 0) is 11.2 Å². The maximum Gasteiger partial charge on any atom is 0.262 e. The van der Waals surface area contributed by atoms with Gasteiger partial charge in [0.05, 0.1) is 11.8 Å². The number of β-amino-alcohol motifs (C(OH)–C–C–N with tert-alkyl or cyclic N) is 1. The number of halogens is 2. The molecule has 0 aromatic heterocycles. The summed E-state index contributed by atoms with van der Waals surface area (Å²) < 4.78 is 6.50. The third kappa shape index (κ3) is 5.61. The number of rotatable bonds is 6. The Bertz CT molecular complexity index is 843. The first kappa shape index (κ1) is 22.5. The third-order valence-electron chi connectivity index (χ3n) is 4.42. The van der Waals surface area contributed by atoms with Gasteiger partial charge in [-0.05, 0) is 44.0 Å². The number of carbonyl (C=O) groups is 1. The number of nitrogens with one attached hydrogen (secondary N) is 2. The molecule has 0 saturated carbocycles. The summed E-state index contributed by atoms with van der Waals surface area (Å²) in [6.45, 7) is 4.30. The second kappa shape index (κ2) is 9.13. The van der Waals surface area contributed by atoms with Crippen LogP contribution in [0, 0.1) is 0 Å². The highest BCUT2D eigenvalue weighted by atomic mass is 79.9. The molecule has 1 unspecified atom stereocenters. The second-order valence-electron chi connectivity index (χ2n) is 7.33. The normalized spacial score (nSPS) is 14.4. The number of phenols is 1. The Morgan fingerprint density at radius 2 is 1.96 bits per heavy atom. The number of aliphatic hydroxyl groups excluding tert-OH is 1. The van der Waals surface area contributed by atoms with Crippen molar-refractivity contribution in [3.05, 3.63) is 52.0 Å². The van der Waals surface area contributed by atoms with E-state index >= 15 is 0 Å². The summed E-state index contributed by atoms with van der Waals surface area (Å²) in [6, 6.07) is 11.0. The maximum absolute atomic E-state index is 11.5. The van der Waals surface area contributed by atoms with Gasteiger partial charge in [0.1, 0.15) is 11.5 Å². The molecule has 0 bridgehead atoms. The molecule has 4 N–H and O–H groups in total. The van der Waals surface area contributed by atoms with Gasteiger partial charge in [-0.2, -0.15) is 0 Å². The summed E-state index contributed by atoms with van der Waals surface area (Å²) in [7, 11) is 0. The number of benzene rings is 2. The topological polar surface area (TPSA) is 90.8 Å². The molecule has 1 heterocycles. The third-order valence-corrected chi connectivity index (χ3v) is 4.95. The van der Waals surface area contributed by atoms with Crippen molar-refractivity contribution in [1.82, 2.24) is 5.32 Å². The number of fused-ring (bicyclic) bond motifs is 1. The maximum atomic E-state index is 11.5. The number of hydrogen-bond donors (Lipinski definition) is 4. The van der Waals surface area contributed by atoms with Crippen LogP contribution in [0.1, 0.15) is 31.1 Å². The Balaban J connectivity index is 0.00000280. The lowest BCUT2D eigenvalue weighted by atomic mass is 9.94. The molecule has 1 aliphatic heterocycles. The van der Waals surface area contributed by atoms with E-state index in [1.54, 1.807) is 0 Å². The number of ether oxygens (including phenoxy) is 1. The van der Waals surface area contributed by atoms with E-state index in [1.165, 1.54) is 17.7 Å². The average molecular weight is 472 g/mol. The molecule has 0 aliphatic carbocycles. The van der Waals surface area contributed by atoms with Crippen molar-refractivity contribution in [2.75, 3.05) is 18.5 Å². The number of phenolic OH excluding ortho intramolecular Hbond substituents is 1. The predicted molar refractivity (Wildman–Crippen MR) is 114 cm³/mol. The van der Waals surface area contributed by atoms with Crippen molar-refractivity contribution in [2.24, 2.45) is 0 Å². The largest absolute Gasteiger partial charge is 0.508 e. The summed E-state index contributed by atoms with van der Waals surface area (Å²) in [4.78, 5) is 11.5. The number of carbonyl (C=O) groups excluding carboxylic acids is 1. The van der Waals surface area contributed by atoms with Crippen LogP contribution in [0.2, 0.25) is 0 Å². The SMILES string of the molecule is CC(C)(Cc1ccc(Br)cc1)NCC(O)c1cc(O)cc2c1OCC(=O)N2.Cl. The zero-order valence-electron chi connectivity index (χ0n) is 15.7. The highest BCUT2D eigenvalue weighted by Gasteiger charge is 2.26. The molecular formula is C20H24BrClN2O4. The Morgan fingerprint density at radius 1 is 1.29 bits per heavy atom. The molecule has 0 spiro atoms. The number of amides is 1. The Labute approximate surface area is 178 Å². The van der Waals surface area contributed by atoms with Crippen molar-refractivity contribution >= 4 is 39.9 Å². The van der Waals surface area contributed by atoms with Crippen molar-refractivity contribution in [2.45, 2.75) is 31.9 Å². The van der Waals surface area contributed by atoms with Gasteiger partial charge in [0.2, 0.25) is 0 Å². The number of aromatic hydroxyl groups is 1. The van der Waals surface area contributed by atoms with Crippen LogP contribution >= 0.6 is 28.3 Å². The fourth-order valence-electron chi connectivity index (χ4n) is 3.12. The first-order valence-electron chi connectivity index (χ1n) is 8.70. The van der Waals surface area contributed by atoms with Gasteiger partial charge in [0.15, 0.2) is 6.61 Å². The summed E-state index contributed by atoms with van der Waals surface area (Å²) in [6.07, 6.45) is -0.109. The fraction of sp³-hybridized carbons (Fsp3) is 0.350. The van der Waals surface area contributed by atoms with Crippen molar-refractivity contribution in [3.63, 3.8) is 0 Å². The van der Waals surface area contributed by atoms with E-state index in [-0.39, 0.29) is 42.8 Å². The Morgan fingerprint density at radius 3 is 2.64 bits per heavy atom. The summed E-state index contributed by atoms with van der Waals surface area (Å²) in [5, 5.41) is 26.6. The molecule has 6 nitrogen and oxygen atoms in total. The average Bonchev–Trinajstić information content (AvgIpc) is 2.60. The summed E-state index contributed by atoms with van der Waals surface area (Å²) in [5.41, 5.74) is 1.75. The van der Waals surface area contributed by atoms with Crippen molar-refractivity contribution < 1.29 is 19.7 Å². The molecule has 1 amide bonds. The second-order valence-corrected chi connectivity index (χ2v) is 8.25. The van der Waals surface area contributed by atoms with E-state index in [1.807, 2.05) is 12.1 Å². The van der Waals surface area contributed by atoms with Gasteiger partial charge in [-0.3, -0.25) is 4.79 Å². The van der Waals surface area contributed by atoms with Gasteiger partial charge >= 0.3 is 0 Å². The molecule has 8 heteroatoms. The van der Waals surface area contributed by atoms with E-state index in [2.05, 4.69) is 52.5 Å². The standard InChI is InChI=1S/C20H23BrN2O4.ClH/c1-20(2,9-12-3-5-13(21)6-4-12)22-10-17(25)15-7-14(24)8-16-19(15)27-11-18(26)23-16;/h3-8,17,22,24-25H,9-11H2,1-2H3,(H,23,26);1H. The van der Waals surface area contributed by atoms with E-state index in [0.717, 1.165) is 10.9 Å². The molecule has 0 saturated heterocycles. The summed E-state index contributed by atoms with van der Waals surface area (Å²) in [5.74, 6) is 0.0671. The van der Waals surface area contributed by atoms with Crippen LogP contribution in [0.5, 0.6) is 11.5 Å². The highest BCUT2D eigenvalue weighted by Crippen LogP contribution is 2.38. The lowest BCUT2D eigenvalue weighted by Gasteiger charge is -2.29. The summed E-state index contributed by atoms with van der Waals surface area (Å²) >= 11 is 3.43. The first-order chi connectivity index (χ1) is 12.7. The molecule has 2 aromatic rings. The van der Waals surface area contributed by atoms with Gasteiger partial charge in [0.25, 0.3) is 5.91 Å². The van der Waals surface area contributed by atoms with Crippen LogP contribution in [-0.4, -0.2) is 34.8 Å². The van der Waals surface area contributed by atoms with Gasteiger partial charge in [-0.15, -0.1) is 12.4 Å². The van der Waals surface area contributed by atoms with Crippen LogP contribution in [0.4, 0.5) is 5.69 Å². The molecule has 152 valence electrons. The fourth-order valence-corrected chi connectivity index (χ4v) is 3.38. The minimum absolute atomic E-state index is 0. The van der Waals surface area contributed by atoms with Crippen LogP contribution in [0.3, 0.4) is 0 Å². The highest BCUT2D eigenvalue weighted by molar-refractivity contribution is 9.10. The van der Waals surface area contributed by atoms with Crippen molar-refractivity contribution in [3.8, 4) is 11.5 Å². The minimum Gasteiger partial charge on any atom is -0.508 e. The zero-order valence-corrected chi connectivity index (χ0v) is 18.1. The molecule has 1 aliphatic rings. The quantitative estimate of drug-likeness (QED) is 0.517. The van der Waals surface area contributed by atoms with E-state index in [4.69, 9.17) is 4.74 Å². The van der Waals surface area contributed by atoms with Gasteiger partial charge in [0, 0.05) is 28.2 Å². The lowest BCUT2D eigenvalue weighted by molar-refractivity contribution is -0.118. The molecule has 1 atom stereocenters. The first-order valence-corrected chi connectivity index (χ1v) is 9.50. The number of aliphatic hydroxyl groups is 1. The molecule has 0 radical (unpaired) electrons. The van der Waals surface area contributed by atoms with Crippen LogP contribution in [0.15, 0.2) is 40.9 Å². The van der Waals surface area contributed by atoms with E-state index < -0.39 is 6.10 Å². The smallest absolute Gasteiger partial charge is 0.262 e. The van der Waals surface area contributed by atoms with E-state index in [9.17, 15) is 15.0 Å². The monoisotopic (exact) mass is 470 g/mol. The predicted octanol–water partition coefficient (Wildman–Crippen LogP) is 3.55. The molecular weight excluding hydrogens is 448 g/mol. The molecule has 28 heavy (non-hydrogen) atoms. The Hall–Kier alpha value is -1.80. The van der Waals surface area contributed by atoms with Gasteiger partial charge in [-0.25, -0.2) is 0 Å². The number of anilines is 1. The molecule has 0 fully saturated rings. The van der Waals surface area contributed by atoms with Crippen LogP contribution in [0.25, 0.3) is 0 Å². The minimum atomic E-state index is -0.898. The lowest BCUT2D eigenvalue weighted by Crippen LogP contribution is -2.43. The van der Waals surface area contributed by atoms with Gasteiger partial charge in [-0.1, -0.05) is 28.1 Å². The molecule has 3 rings (SSSR count). The zero-order chi connectivity index (χ0) is 19.6. The molecule has 2 aromatic carbocycles. The van der Waals surface area contributed by atoms with E-state index in [0.29, 0.717) is 17.0 Å². The van der Waals surface area contributed by atoms with Crippen molar-refractivity contribution in [1.29, 1.82) is 0 Å². The van der Waals surface area contributed by atoms with Gasteiger partial charge < -0.3 is 25.6 Å².